The van der Waals surface area contributed by atoms with Crippen LogP contribution in [0.25, 0.3) is 11.3 Å². The monoisotopic (exact) mass is 530 g/mol. The van der Waals surface area contributed by atoms with Crippen molar-refractivity contribution in [2.75, 3.05) is 54.9 Å². The molecule has 10 nitrogen and oxygen atoms in total. The molecule has 4 heterocycles. The molecule has 1 aliphatic heterocycles. The lowest BCUT2D eigenvalue weighted by Gasteiger charge is -2.35. The molecule has 1 amide bonds. The molecule has 1 aliphatic rings. The largest absolute Gasteiger partial charge is 0.395 e. The van der Waals surface area contributed by atoms with E-state index in [0.717, 1.165) is 59.6 Å². The number of benzene rings is 1. The number of thiazole rings is 1. The van der Waals surface area contributed by atoms with E-state index in [0.29, 0.717) is 23.8 Å². The van der Waals surface area contributed by atoms with E-state index in [1.807, 2.05) is 49.6 Å². The van der Waals surface area contributed by atoms with Gasteiger partial charge in [0, 0.05) is 73.4 Å². The van der Waals surface area contributed by atoms with Crippen molar-refractivity contribution in [1.29, 1.82) is 0 Å². The van der Waals surface area contributed by atoms with Gasteiger partial charge in [0.15, 0.2) is 5.13 Å². The zero-order valence-corrected chi connectivity index (χ0v) is 22.2. The van der Waals surface area contributed by atoms with Crippen LogP contribution in [0.1, 0.15) is 21.7 Å². The summed E-state index contributed by atoms with van der Waals surface area (Å²) in [6, 6.07) is 11.2. The Bertz CT molecular complexity index is 1400. The van der Waals surface area contributed by atoms with E-state index in [9.17, 15) is 9.90 Å². The van der Waals surface area contributed by atoms with Gasteiger partial charge in [-0.1, -0.05) is 6.07 Å². The first-order chi connectivity index (χ1) is 18.5. The van der Waals surface area contributed by atoms with Crippen molar-refractivity contribution < 1.29 is 9.90 Å². The molecule has 0 saturated carbocycles. The average molecular weight is 531 g/mol. The van der Waals surface area contributed by atoms with Crippen LogP contribution in [0.4, 0.5) is 22.5 Å². The van der Waals surface area contributed by atoms with E-state index >= 15 is 0 Å². The zero-order chi connectivity index (χ0) is 26.5. The second kappa shape index (κ2) is 11.6. The fourth-order valence-corrected chi connectivity index (χ4v) is 5.03. The zero-order valence-electron chi connectivity index (χ0n) is 21.4. The highest BCUT2D eigenvalue weighted by Gasteiger charge is 2.19. The summed E-state index contributed by atoms with van der Waals surface area (Å²) < 4.78 is 0. The molecular formula is C27H30N8O2S. The summed E-state index contributed by atoms with van der Waals surface area (Å²) in [6.07, 6.45) is 3.52. The summed E-state index contributed by atoms with van der Waals surface area (Å²) >= 11 is 1.50. The number of aliphatic hydroxyl groups excluding tert-OH is 1. The maximum atomic E-state index is 13.2. The standard InChI is InChI=1S/C27H30N8O2S/c1-18-5-6-20(14-22(18)31-27-32-23(17-38-27)21-4-3-7-28-16-21)26(37)33-24-15-25(30-19(2)29-24)35-10-8-34(9-11-35)12-13-36/h3-7,14-17,36H,8-13H2,1-2H3,(H,31,32)(H,29,30,33,37). The molecule has 0 aliphatic carbocycles. The first-order valence-corrected chi connectivity index (χ1v) is 13.4. The minimum atomic E-state index is -0.250. The molecule has 0 spiro atoms. The molecule has 11 heteroatoms. The van der Waals surface area contributed by atoms with Crippen LogP contribution < -0.4 is 15.5 Å². The van der Waals surface area contributed by atoms with E-state index in [4.69, 9.17) is 0 Å². The van der Waals surface area contributed by atoms with Crippen molar-refractivity contribution in [2.45, 2.75) is 13.8 Å². The predicted octanol–water partition coefficient (Wildman–Crippen LogP) is 3.72. The molecule has 1 aromatic carbocycles. The SMILES string of the molecule is Cc1nc(NC(=O)c2ccc(C)c(Nc3nc(-c4cccnc4)cs3)c2)cc(N2CCN(CCO)CC2)n1. The second-order valence-corrected chi connectivity index (χ2v) is 9.96. The fraction of sp³-hybridized carbons (Fsp3) is 0.296. The van der Waals surface area contributed by atoms with Crippen LogP contribution in [0.5, 0.6) is 0 Å². The minimum absolute atomic E-state index is 0.162. The quantitative estimate of drug-likeness (QED) is 0.313. The Morgan fingerprint density at radius 3 is 2.68 bits per heavy atom. The Balaban J connectivity index is 1.28. The van der Waals surface area contributed by atoms with E-state index in [1.54, 1.807) is 18.5 Å². The first-order valence-electron chi connectivity index (χ1n) is 12.5. The molecule has 38 heavy (non-hydrogen) atoms. The van der Waals surface area contributed by atoms with Crippen LogP contribution in [0.2, 0.25) is 0 Å². The number of rotatable bonds is 8. The lowest BCUT2D eigenvalue weighted by atomic mass is 10.1. The van der Waals surface area contributed by atoms with Crippen molar-refractivity contribution in [3.05, 3.63) is 71.1 Å². The molecule has 3 aromatic heterocycles. The van der Waals surface area contributed by atoms with Gasteiger partial charge in [-0.25, -0.2) is 15.0 Å². The average Bonchev–Trinajstić information content (AvgIpc) is 3.39. The topological polar surface area (TPSA) is 119 Å². The number of amides is 1. The Kier molecular flexibility index (Phi) is 7.87. The minimum Gasteiger partial charge on any atom is -0.395 e. The van der Waals surface area contributed by atoms with E-state index in [2.05, 4.69) is 40.4 Å². The van der Waals surface area contributed by atoms with Gasteiger partial charge in [0.25, 0.3) is 5.91 Å². The third kappa shape index (κ3) is 6.13. The molecule has 1 fully saturated rings. The van der Waals surface area contributed by atoms with Gasteiger partial charge in [-0.3, -0.25) is 14.7 Å². The molecule has 5 rings (SSSR count). The van der Waals surface area contributed by atoms with Gasteiger partial charge in [0.2, 0.25) is 0 Å². The fourth-order valence-electron chi connectivity index (χ4n) is 4.30. The van der Waals surface area contributed by atoms with Crippen molar-refractivity contribution in [2.24, 2.45) is 0 Å². The number of aryl methyl sites for hydroxylation is 2. The summed E-state index contributed by atoms with van der Waals surface area (Å²) in [5, 5.41) is 18.2. The number of carbonyl (C=O) groups is 1. The number of hydrogen-bond donors (Lipinski definition) is 3. The van der Waals surface area contributed by atoms with E-state index in [-0.39, 0.29) is 12.5 Å². The Morgan fingerprint density at radius 1 is 1.08 bits per heavy atom. The number of β-amino-alcohol motifs (C(OH)–C–C–N with tert-alkyl or cyclic N) is 1. The van der Waals surface area contributed by atoms with Gasteiger partial charge in [-0.05, 0) is 43.7 Å². The molecule has 0 atom stereocenters. The van der Waals surface area contributed by atoms with Crippen LogP contribution in [-0.4, -0.2) is 75.2 Å². The molecule has 196 valence electrons. The number of pyridine rings is 1. The highest BCUT2D eigenvalue weighted by Crippen LogP contribution is 2.29. The highest BCUT2D eigenvalue weighted by molar-refractivity contribution is 7.14. The maximum Gasteiger partial charge on any atom is 0.256 e. The van der Waals surface area contributed by atoms with Gasteiger partial charge < -0.3 is 20.6 Å². The van der Waals surface area contributed by atoms with Crippen molar-refractivity contribution in [3.63, 3.8) is 0 Å². The van der Waals surface area contributed by atoms with Crippen molar-refractivity contribution in [3.8, 4) is 11.3 Å². The van der Waals surface area contributed by atoms with Crippen LogP contribution in [0, 0.1) is 13.8 Å². The van der Waals surface area contributed by atoms with Crippen LogP contribution in [-0.2, 0) is 0 Å². The number of hydrogen-bond acceptors (Lipinski definition) is 10. The van der Waals surface area contributed by atoms with Gasteiger partial charge in [-0.15, -0.1) is 11.3 Å². The third-order valence-electron chi connectivity index (χ3n) is 6.38. The summed E-state index contributed by atoms with van der Waals surface area (Å²) in [6.45, 7) is 7.96. The van der Waals surface area contributed by atoms with Gasteiger partial charge >= 0.3 is 0 Å². The van der Waals surface area contributed by atoms with E-state index < -0.39 is 0 Å². The number of nitrogens with one attached hydrogen (secondary N) is 2. The number of piperazine rings is 1. The number of nitrogens with zero attached hydrogens (tertiary/aromatic N) is 6. The number of aromatic nitrogens is 4. The summed E-state index contributed by atoms with van der Waals surface area (Å²) in [7, 11) is 0. The maximum absolute atomic E-state index is 13.2. The van der Waals surface area contributed by atoms with Crippen LogP contribution >= 0.6 is 11.3 Å². The van der Waals surface area contributed by atoms with Crippen LogP contribution in [0.15, 0.2) is 54.2 Å². The molecule has 4 aromatic rings. The predicted molar refractivity (Wildman–Crippen MR) is 150 cm³/mol. The number of carbonyl (C=O) groups excluding carboxylic acids is 1. The first kappa shape index (κ1) is 25.7. The van der Waals surface area contributed by atoms with Gasteiger partial charge in [0.05, 0.1) is 12.3 Å². The molecule has 0 unspecified atom stereocenters. The Labute approximate surface area is 225 Å². The Hall–Kier alpha value is -3.93. The lowest BCUT2D eigenvalue weighted by molar-refractivity contribution is 0.102. The number of anilines is 4. The lowest BCUT2D eigenvalue weighted by Crippen LogP contribution is -2.47. The van der Waals surface area contributed by atoms with Crippen molar-refractivity contribution in [1.82, 2.24) is 24.8 Å². The smallest absolute Gasteiger partial charge is 0.256 e. The molecule has 0 radical (unpaired) electrons. The summed E-state index contributed by atoms with van der Waals surface area (Å²) in [5.74, 6) is 1.59. The molecule has 1 saturated heterocycles. The Morgan fingerprint density at radius 2 is 1.92 bits per heavy atom. The normalized spacial score (nSPS) is 13.9. The summed E-state index contributed by atoms with van der Waals surface area (Å²) in [5.41, 5.74) is 4.12. The highest BCUT2D eigenvalue weighted by atomic mass is 32.1. The molecule has 3 N–H and O–H groups in total. The number of aliphatic hydroxyl groups is 1. The third-order valence-corrected chi connectivity index (χ3v) is 7.14. The van der Waals surface area contributed by atoms with Gasteiger partial charge in [-0.2, -0.15) is 0 Å². The van der Waals surface area contributed by atoms with E-state index in [1.165, 1.54) is 11.3 Å². The van der Waals surface area contributed by atoms with Crippen molar-refractivity contribution >= 4 is 39.7 Å². The second-order valence-electron chi connectivity index (χ2n) is 9.10. The molecular weight excluding hydrogens is 500 g/mol. The molecule has 0 bridgehead atoms. The summed E-state index contributed by atoms with van der Waals surface area (Å²) in [4.78, 5) is 35.4. The van der Waals surface area contributed by atoms with Crippen LogP contribution in [0.3, 0.4) is 0 Å². The van der Waals surface area contributed by atoms with Gasteiger partial charge in [0.1, 0.15) is 17.5 Å².